The predicted molar refractivity (Wildman–Crippen MR) is 81.5 cm³/mol. The maximum absolute atomic E-state index is 12.3. The first-order valence-electron chi connectivity index (χ1n) is 6.73. The third-order valence-electron chi connectivity index (χ3n) is 2.89. The van der Waals surface area contributed by atoms with Crippen LogP contribution in [0.2, 0.25) is 5.02 Å². The number of nitrogens with one attached hydrogen (secondary N) is 1. The number of benzene rings is 1. The Labute approximate surface area is 141 Å². The van der Waals surface area contributed by atoms with Gasteiger partial charge in [0.15, 0.2) is 6.61 Å². The molecule has 0 heterocycles. The van der Waals surface area contributed by atoms with Crippen LogP contribution in [0.25, 0.3) is 0 Å². The van der Waals surface area contributed by atoms with Crippen molar-refractivity contribution in [2.45, 2.75) is 13.1 Å². The van der Waals surface area contributed by atoms with Crippen molar-refractivity contribution in [2.75, 3.05) is 25.5 Å². The van der Waals surface area contributed by atoms with Crippen LogP contribution >= 0.6 is 11.6 Å². The molecule has 134 valence electrons. The van der Waals surface area contributed by atoms with E-state index in [1.54, 1.807) is 0 Å². The molecule has 24 heavy (non-hydrogen) atoms. The molecule has 0 bridgehead atoms. The summed E-state index contributed by atoms with van der Waals surface area (Å²) >= 11 is 5.72. The molecule has 1 unspecified atom stereocenters. The second-order valence-electron chi connectivity index (χ2n) is 5.09. The van der Waals surface area contributed by atoms with E-state index in [0.29, 0.717) is 0 Å². The van der Waals surface area contributed by atoms with E-state index >= 15 is 0 Å². The second kappa shape index (κ2) is 8.09. The standard InChI is InChI=1S/C14H16ClF3N2O4/c1-8(12(21)22)6-20(2)13(23)19-10-4-3-9(15)5-11(10)24-7-14(16,17)18/h3-5,8H,6-7H2,1-2H3,(H,19,23)(H,21,22). The fourth-order valence-electron chi connectivity index (χ4n) is 1.66. The van der Waals surface area contributed by atoms with Crippen molar-refractivity contribution in [1.82, 2.24) is 4.90 Å². The lowest BCUT2D eigenvalue weighted by Gasteiger charge is -2.21. The highest BCUT2D eigenvalue weighted by Gasteiger charge is 2.29. The molecule has 0 fully saturated rings. The van der Waals surface area contributed by atoms with Crippen molar-refractivity contribution in [2.24, 2.45) is 5.92 Å². The van der Waals surface area contributed by atoms with Crippen LogP contribution in [0, 0.1) is 5.92 Å². The number of nitrogens with zero attached hydrogens (tertiary/aromatic N) is 1. The fraction of sp³-hybridized carbons (Fsp3) is 0.429. The normalized spacial score (nSPS) is 12.4. The molecule has 0 saturated carbocycles. The van der Waals surface area contributed by atoms with Crippen molar-refractivity contribution in [3.05, 3.63) is 23.2 Å². The Balaban J connectivity index is 2.82. The van der Waals surface area contributed by atoms with Crippen LogP contribution in [0.4, 0.5) is 23.7 Å². The van der Waals surface area contributed by atoms with Gasteiger partial charge in [-0.05, 0) is 12.1 Å². The molecular weight excluding hydrogens is 353 g/mol. The largest absolute Gasteiger partial charge is 0.482 e. The van der Waals surface area contributed by atoms with Gasteiger partial charge in [0.1, 0.15) is 5.75 Å². The molecule has 0 aliphatic carbocycles. The van der Waals surface area contributed by atoms with Gasteiger partial charge in [0, 0.05) is 24.7 Å². The fourth-order valence-corrected chi connectivity index (χ4v) is 1.82. The van der Waals surface area contributed by atoms with Crippen LogP contribution in [0.1, 0.15) is 6.92 Å². The lowest BCUT2D eigenvalue weighted by atomic mass is 10.2. The highest BCUT2D eigenvalue weighted by atomic mass is 35.5. The molecule has 0 aliphatic heterocycles. The average Bonchev–Trinajstić information content (AvgIpc) is 2.46. The third kappa shape index (κ3) is 6.53. The first kappa shape index (κ1) is 19.9. The number of ether oxygens (including phenoxy) is 1. The van der Waals surface area contributed by atoms with Gasteiger partial charge in [0.2, 0.25) is 0 Å². The van der Waals surface area contributed by atoms with Crippen LogP contribution in [0.15, 0.2) is 18.2 Å². The van der Waals surface area contributed by atoms with Gasteiger partial charge in [-0.2, -0.15) is 13.2 Å². The van der Waals surface area contributed by atoms with Gasteiger partial charge < -0.3 is 20.1 Å². The summed E-state index contributed by atoms with van der Waals surface area (Å²) in [6, 6.07) is 3.11. The van der Waals surface area contributed by atoms with E-state index in [9.17, 15) is 22.8 Å². The topological polar surface area (TPSA) is 78.9 Å². The molecule has 0 radical (unpaired) electrons. The number of carbonyl (C=O) groups is 2. The molecule has 2 amide bonds. The van der Waals surface area contributed by atoms with Crippen molar-refractivity contribution in [1.29, 1.82) is 0 Å². The summed E-state index contributed by atoms with van der Waals surface area (Å²) < 4.78 is 41.5. The summed E-state index contributed by atoms with van der Waals surface area (Å²) in [6.45, 7) is -0.193. The Kier molecular flexibility index (Phi) is 6.70. The van der Waals surface area contributed by atoms with Gasteiger partial charge in [-0.1, -0.05) is 18.5 Å². The summed E-state index contributed by atoms with van der Waals surface area (Å²) in [4.78, 5) is 23.9. The van der Waals surface area contributed by atoms with Crippen LogP contribution in [-0.2, 0) is 4.79 Å². The molecule has 1 atom stereocenters. The highest BCUT2D eigenvalue weighted by molar-refractivity contribution is 6.30. The molecule has 0 saturated heterocycles. The summed E-state index contributed by atoms with van der Waals surface area (Å²) in [5.41, 5.74) is -0.0107. The quantitative estimate of drug-likeness (QED) is 0.806. The molecule has 0 spiro atoms. The zero-order chi connectivity index (χ0) is 18.5. The Morgan fingerprint density at radius 1 is 1.42 bits per heavy atom. The average molecular weight is 369 g/mol. The molecule has 2 N–H and O–H groups in total. The van der Waals surface area contributed by atoms with Gasteiger partial charge in [0.05, 0.1) is 11.6 Å². The number of anilines is 1. The zero-order valence-corrected chi connectivity index (χ0v) is 13.6. The summed E-state index contributed by atoms with van der Waals surface area (Å²) in [6.07, 6.45) is -4.54. The van der Waals surface area contributed by atoms with Gasteiger partial charge in [-0.3, -0.25) is 4.79 Å². The van der Waals surface area contributed by atoms with Crippen molar-refractivity contribution in [3.63, 3.8) is 0 Å². The smallest absolute Gasteiger partial charge is 0.422 e. The number of carboxylic acid groups (broad SMARTS) is 1. The minimum absolute atomic E-state index is 0.0107. The number of halogens is 4. The number of carbonyl (C=O) groups excluding carboxylic acids is 1. The molecule has 6 nitrogen and oxygen atoms in total. The maximum atomic E-state index is 12.3. The van der Waals surface area contributed by atoms with Crippen molar-refractivity contribution >= 4 is 29.3 Å². The monoisotopic (exact) mass is 368 g/mol. The van der Waals surface area contributed by atoms with Gasteiger partial charge in [-0.15, -0.1) is 0 Å². The summed E-state index contributed by atoms with van der Waals surface area (Å²) in [5.74, 6) is -2.12. The van der Waals surface area contributed by atoms with Crippen molar-refractivity contribution in [3.8, 4) is 5.75 Å². The number of alkyl halides is 3. The van der Waals surface area contributed by atoms with Crippen molar-refractivity contribution < 1.29 is 32.6 Å². The third-order valence-corrected chi connectivity index (χ3v) is 3.13. The molecule has 0 aliphatic rings. The van der Waals surface area contributed by atoms with Gasteiger partial charge >= 0.3 is 18.2 Å². The van der Waals surface area contributed by atoms with E-state index in [0.717, 1.165) is 11.0 Å². The molecule has 1 aromatic rings. The second-order valence-corrected chi connectivity index (χ2v) is 5.53. The maximum Gasteiger partial charge on any atom is 0.422 e. The van der Waals surface area contributed by atoms with E-state index in [1.807, 2.05) is 0 Å². The van der Waals surface area contributed by atoms with Crippen LogP contribution in [0.3, 0.4) is 0 Å². The number of carboxylic acids is 1. The Morgan fingerprint density at radius 3 is 2.58 bits per heavy atom. The highest BCUT2D eigenvalue weighted by Crippen LogP contribution is 2.30. The van der Waals surface area contributed by atoms with E-state index in [2.05, 4.69) is 10.1 Å². The van der Waals surface area contributed by atoms with Crippen LogP contribution in [-0.4, -0.2) is 48.4 Å². The predicted octanol–water partition coefficient (Wildman–Crippen LogP) is 3.47. The summed E-state index contributed by atoms with van der Waals surface area (Å²) in [5, 5.41) is 11.3. The number of hydrogen-bond donors (Lipinski definition) is 2. The van der Waals surface area contributed by atoms with Gasteiger partial charge in [-0.25, -0.2) is 4.79 Å². The minimum Gasteiger partial charge on any atom is -0.482 e. The lowest BCUT2D eigenvalue weighted by Crippen LogP contribution is -2.36. The number of urea groups is 1. The zero-order valence-electron chi connectivity index (χ0n) is 12.9. The number of rotatable bonds is 6. The van der Waals surface area contributed by atoms with Gasteiger partial charge in [0.25, 0.3) is 0 Å². The number of aliphatic carboxylic acids is 1. The van der Waals surface area contributed by atoms with Crippen LogP contribution < -0.4 is 10.1 Å². The Hall–Kier alpha value is -2.16. The molecule has 1 aromatic carbocycles. The van der Waals surface area contributed by atoms with E-state index in [1.165, 1.54) is 26.1 Å². The Morgan fingerprint density at radius 2 is 2.04 bits per heavy atom. The molecule has 10 heteroatoms. The number of amides is 2. The molecular formula is C14H16ClF3N2O4. The van der Waals surface area contributed by atoms with Crippen LogP contribution in [0.5, 0.6) is 5.75 Å². The van der Waals surface area contributed by atoms with E-state index in [-0.39, 0.29) is 23.0 Å². The lowest BCUT2D eigenvalue weighted by molar-refractivity contribution is -0.153. The first-order chi connectivity index (χ1) is 11.0. The molecule has 0 aromatic heterocycles. The minimum atomic E-state index is -4.54. The SMILES string of the molecule is CC(CN(C)C(=O)Nc1ccc(Cl)cc1OCC(F)(F)F)C(=O)O. The van der Waals surface area contributed by atoms with E-state index in [4.69, 9.17) is 16.7 Å². The summed E-state index contributed by atoms with van der Waals surface area (Å²) in [7, 11) is 1.36. The number of hydrogen-bond acceptors (Lipinski definition) is 3. The Bertz CT molecular complexity index is 610. The van der Waals surface area contributed by atoms with E-state index < -0.39 is 30.7 Å². The molecule has 1 rings (SSSR count). The first-order valence-corrected chi connectivity index (χ1v) is 7.11.